The monoisotopic (exact) mass is 195 g/mol. The van der Waals surface area contributed by atoms with Gasteiger partial charge in [0, 0.05) is 19.8 Å². The van der Waals surface area contributed by atoms with Gasteiger partial charge in [-0.3, -0.25) is 0 Å². The number of methoxy groups -OCH3 is 2. The van der Waals surface area contributed by atoms with Crippen LogP contribution in [-0.2, 0) is 9.47 Å². The molecular formula is C10H10FNO2. The highest BCUT2D eigenvalue weighted by Gasteiger charge is 2.14. The summed E-state index contributed by atoms with van der Waals surface area (Å²) in [5.74, 6) is -0.448. The number of hydrogen-bond donors (Lipinski definition) is 0. The van der Waals surface area contributed by atoms with E-state index in [1.165, 1.54) is 26.4 Å². The Hall–Kier alpha value is -1.44. The van der Waals surface area contributed by atoms with E-state index < -0.39 is 12.1 Å². The van der Waals surface area contributed by atoms with Crippen LogP contribution in [0.25, 0.3) is 0 Å². The maximum absolute atomic E-state index is 12.8. The summed E-state index contributed by atoms with van der Waals surface area (Å²) < 4.78 is 22.7. The Morgan fingerprint density at radius 2 is 2.00 bits per heavy atom. The summed E-state index contributed by atoms with van der Waals surface area (Å²) in [6.07, 6.45) is -0.634. The number of hydrogen-bond acceptors (Lipinski definition) is 3. The molecule has 14 heavy (non-hydrogen) atoms. The summed E-state index contributed by atoms with van der Waals surface area (Å²) in [6.45, 7) is 0. The third-order valence-electron chi connectivity index (χ3n) is 1.82. The number of ether oxygens (including phenoxy) is 2. The summed E-state index contributed by atoms with van der Waals surface area (Å²) >= 11 is 0. The fraction of sp³-hybridized carbons (Fsp3) is 0.300. The molecule has 0 saturated heterocycles. The van der Waals surface area contributed by atoms with Crippen molar-refractivity contribution in [2.75, 3.05) is 14.2 Å². The van der Waals surface area contributed by atoms with Crippen LogP contribution >= 0.6 is 0 Å². The average molecular weight is 195 g/mol. The van der Waals surface area contributed by atoms with Crippen molar-refractivity contribution >= 4 is 0 Å². The molecule has 1 rings (SSSR count). The summed E-state index contributed by atoms with van der Waals surface area (Å²) in [5, 5.41) is 8.76. The van der Waals surface area contributed by atoms with Gasteiger partial charge in [-0.1, -0.05) is 0 Å². The van der Waals surface area contributed by atoms with Crippen LogP contribution in [-0.4, -0.2) is 14.2 Å². The summed E-state index contributed by atoms with van der Waals surface area (Å²) in [6, 6.07) is 5.78. The molecule has 1 aromatic carbocycles. The Bertz CT molecular complexity index is 356. The van der Waals surface area contributed by atoms with Crippen LogP contribution in [0.15, 0.2) is 18.2 Å². The summed E-state index contributed by atoms with van der Waals surface area (Å²) in [7, 11) is 2.91. The Balaban J connectivity index is 3.14. The van der Waals surface area contributed by atoms with Crippen LogP contribution in [0, 0.1) is 17.1 Å². The lowest BCUT2D eigenvalue weighted by atomic mass is 10.1. The largest absolute Gasteiger partial charge is 0.352 e. The highest BCUT2D eigenvalue weighted by molar-refractivity contribution is 5.38. The quantitative estimate of drug-likeness (QED) is 0.692. The van der Waals surface area contributed by atoms with E-state index in [-0.39, 0.29) is 5.56 Å². The Morgan fingerprint density at radius 3 is 2.50 bits per heavy atom. The SMILES string of the molecule is COC(OC)c1ccc(F)cc1C#N. The van der Waals surface area contributed by atoms with E-state index in [1.807, 2.05) is 6.07 Å². The molecular weight excluding hydrogens is 185 g/mol. The van der Waals surface area contributed by atoms with Crippen molar-refractivity contribution in [1.82, 2.24) is 0 Å². The van der Waals surface area contributed by atoms with Crippen LogP contribution in [0.3, 0.4) is 0 Å². The molecule has 0 aliphatic rings. The van der Waals surface area contributed by atoms with Gasteiger partial charge in [-0.2, -0.15) is 5.26 Å². The lowest BCUT2D eigenvalue weighted by Gasteiger charge is -2.14. The van der Waals surface area contributed by atoms with Crippen LogP contribution < -0.4 is 0 Å². The molecule has 74 valence electrons. The zero-order valence-corrected chi connectivity index (χ0v) is 7.95. The zero-order chi connectivity index (χ0) is 10.6. The molecule has 0 fully saturated rings. The van der Waals surface area contributed by atoms with E-state index in [2.05, 4.69) is 0 Å². The summed E-state index contributed by atoms with van der Waals surface area (Å²) in [4.78, 5) is 0. The minimum Gasteiger partial charge on any atom is -0.352 e. The highest BCUT2D eigenvalue weighted by atomic mass is 19.1. The van der Waals surface area contributed by atoms with Gasteiger partial charge in [0.2, 0.25) is 0 Å². The van der Waals surface area contributed by atoms with Gasteiger partial charge in [0.1, 0.15) is 5.82 Å². The van der Waals surface area contributed by atoms with Gasteiger partial charge >= 0.3 is 0 Å². The van der Waals surface area contributed by atoms with Gasteiger partial charge in [0.05, 0.1) is 11.6 Å². The van der Waals surface area contributed by atoms with E-state index >= 15 is 0 Å². The minimum absolute atomic E-state index is 0.221. The lowest BCUT2D eigenvalue weighted by molar-refractivity contribution is -0.106. The number of benzene rings is 1. The van der Waals surface area contributed by atoms with Crippen molar-refractivity contribution < 1.29 is 13.9 Å². The predicted octanol–water partition coefficient (Wildman–Crippen LogP) is 1.99. The number of halogens is 1. The normalized spacial score (nSPS) is 10.2. The standard InChI is InChI=1S/C10H10FNO2/c1-13-10(14-2)9-4-3-8(11)5-7(9)6-12/h3-5,10H,1-2H3. The third kappa shape index (κ3) is 2.08. The molecule has 1 aromatic rings. The van der Waals surface area contributed by atoms with Crippen molar-refractivity contribution in [3.05, 3.63) is 35.1 Å². The van der Waals surface area contributed by atoms with Crippen molar-refractivity contribution in [2.45, 2.75) is 6.29 Å². The van der Waals surface area contributed by atoms with E-state index in [1.54, 1.807) is 0 Å². The maximum atomic E-state index is 12.8. The molecule has 0 aromatic heterocycles. The number of nitrogens with zero attached hydrogens (tertiary/aromatic N) is 1. The van der Waals surface area contributed by atoms with Crippen LogP contribution in [0.4, 0.5) is 4.39 Å². The molecule has 0 aliphatic heterocycles. The molecule has 0 N–H and O–H groups in total. The predicted molar refractivity (Wildman–Crippen MR) is 47.9 cm³/mol. The van der Waals surface area contributed by atoms with Crippen LogP contribution in [0.1, 0.15) is 17.4 Å². The van der Waals surface area contributed by atoms with Gasteiger partial charge in [-0.15, -0.1) is 0 Å². The maximum Gasteiger partial charge on any atom is 0.184 e. The smallest absolute Gasteiger partial charge is 0.184 e. The first-order valence-electron chi connectivity index (χ1n) is 3.98. The molecule has 3 nitrogen and oxygen atoms in total. The molecule has 0 aliphatic carbocycles. The molecule has 4 heteroatoms. The zero-order valence-electron chi connectivity index (χ0n) is 7.95. The van der Waals surface area contributed by atoms with Gasteiger partial charge in [0.25, 0.3) is 0 Å². The van der Waals surface area contributed by atoms with Crippen molar-refractivity contribution in [3.8, 4) is 6.07 Å². The first-order chi connectivity index (χ1) is 6.72. The Kier molecular flexibility index (Phi) is 3.57. The topological polar surface area (TPSA) is 42.2 Å². The van der Waals surface area contributed by atoms with Crippen LogP contribution in [0.5, 0.6) is 0 Å². The van der Waals surface area contributed by atoms with E-state index in [9.17, 15) is 4.39 Å². The van der Waals surface area contributed by atoms with Gasteiger partial charge in [-0.05, 0) is 18.2 Å². The lowest BCUT2D eigenvalue weighted by Crippen LogP contribution is -2.06. The highest BCUT2D eigenvalue weighted by Crippen LogP contribution is 2.21. The number of nitriles is 1. The second kappa shape index (κ2) is 4.70. The second-order valence-corrected chi connectivity index (χ2v) is 2.65. The first kappa shape index (κ1) is 10.6. The van der Waals surface area contributed by atoms with E-state index in [4.69, 9.17) is 14.7 Å². The van der Waals surface area contributed by atoms with Gasteiger partial charge in [-0.25, -0.2) is 4.39 Å². The number of rotatable bonds is 3. The Labute approximate surface area is 81.7 Å². The third-order valence-corrected chi connectivity index (χ3v) is 1.82. The molecule has 0 unspecified atom stereocenters. The molecule has 0 bridgehead atoms. The van der Waals surface area contributed by atoms with E-state index in [0.29, 0.717) is 5.56 Å². The van der Waals surface area contributed by atoms with Gasteiger partial charge in [0.15, 0.2) is 6.29 Å². The van der Waals surface area contributed by atoms with Crippen molar-refractivity contribution in [2.24, 2.45) is 0 Å². The molecule has 0 heterocycles. The minimum atomic E-state index is -0.634. The first-order valence-corrected chi connectivity index (χ1v) is 3.98. The fourth-order valence-electron chi connectivity index (χ4n) is 1.18. The second-order valence-electron chi connectivity index (χ2n) is 2.65. The average Bonchev–Trinajstić information content (AvgIpc) is 2.21. The Morgan fingerprint density at radius 1 is 1.36 bits per heavy atom. The van der Waals surface area contributed by atoms with E-state index in [0.717, 1.165) is 6.07 Å². The molecule has 0 radical (unpaired) electrons. The molecule has 0 atom stereocenters. The van der Waals surface area contributed by atoms with Crippen molar-refractivity contribution in [3.63, 3.8) is 0 Å². The molecule has 0 spiro atoms. The van der Waals surface area contributed by atoms with Gasteiger partial charge < -0.3 is 9.47 Å². The molecule has 0 saturated carbocycles. The van der Waals surface area contributed by atoms with Crippen molar-refractivity contribution in [1.29, 1.82) is 5.26 Å². The van der Waals surface area contributed by atoms with Crippen LogP contribution in [0.2, 0.25) is 0 Å². The molecule has 0 amide bonds. The summed E-state index contributed by atoms with van der Waals surface area (Å²) in [5.41, 5.74) is 0.748. The fourth-order valence-corrected chi connectivity index (χ4v) is 1.18.